The number of nitrogens with zero attached hydrogens (tertiary/aromatic N) is 3. The van der Waals surface area contributed by atoms with E-state index >= 15 is 0 Å². The third-order valence-electron chi connectivity index (χ3n) is 5.46. The van der Waals surface area contributed by atoms with E-state index in [9.17, 15) is 13.2 Å². The summed E-state index contributed by atoms with van der Waals surface area (Å²) >= 11 is 12.0. The maximum Gasteiger partial charge on any atom is 0.243 e. The van der Waals surface area contributed by atoms with Gasteiger partial charge in [0.05, 0.1) is 11.4 Å². The van der Waals surface area contributed by atoms with Crippen LogP contribution in [0, 0.1) is 5.92 Å². The van der Waals surface area contributed by atoms with E-state index < -0.39 is 10.0 Å². The fraction of sp³-hybridized carbons (Fsp3) is 0.273. The van der Waals surface area contributed by atoms with Crippen LogP contribution in [0.4, 0.5) is 5.82 Å². The summed E-state index contributed by atoms with van der Waals surface area (Å²) in [5.74, 6) is 0.0233. The molecule has 3 aromatic rings. The van der Waals surface area contributed by atoms with Gasteiger partial charge in [-0.15, -0.1) is 0 Å². The van der Waals surface area contributed by atoms with Crippen LogP contribution >= 0.6 is 23.2 Å². The fourth-order valence-electron chi connectivity index (χ4n) is 3.66. The number of hydrogen-bond acceptors (Lipinski definition) is 4. The van der Waals surface area contributed by atoms with E-state index in [0.717, 1.165) is 5.56 Å². The van der Waals surface area contributed by atoms with Crippen LogP contribution in [0.1, 0.15) is 18.4 Å². The van der Waals surface area contributed by atoms with Crippen molar-refractivity contribution in [2.45, 2.75) is 24.3 Å². The van der Waals surface area contributed by atoms with Crippen molar-refractivity contribution in [1.29, 1.82) is 0 Å². The van der Waals surface area contributed by atoms with Gasteiger partial charge in [0.15, 0.2) is 5.82 Å². The molecular formula is C22H22Cl2N4O3S. The van der Waals surface area contributed by atoms with E-state index in [4.69, 9.17) is 23.2 Å². The Morgan fingerprint density at radius 2 is 1.72 bits per heavy atom. The number of anilines is 1. The second kappa shape index (κ2) is 9.62. The first-order valence-electron chi connectivity index (χ1n) is 10.2. The summed E-state index contributed by atoms with van der Waals surface area (Å²) < 4.78 is 28.7. The summed E-state index contributed by atoms with van der Waals surface area (Å²) in [6, 6.07) is 15.4. The van der Waals surface area contributed by atoms with E-state index in [1.54, 1.807) is 29.1 Å². The summed E-state index contributed by atoms with van der Waals surface area (Å²) in [6.45, 7) is 1.06. The van der Waals surface area contributed by atoms with Gasteiger partial charge in [-0.2, -0.15) is 9.40 Å². The molecule has 0 atom stereocenters. The third kappa shape index (κ3) is 5.15. The molecule has 0 spiro atoms. The van der Waals surface area contributed by atoms with Crippen molar-refractivity contribution in [2.75, 3.05) is 18.4 Å². The molecule has 0 unspecified atom stereocenters. The van der Waals surface area contributed by atoms with Gasteiger partial charge < -0.3 is 5.32 Å². The highest BCUT2D eigenvalue weighted by atomic mass is 35.5. The average Bonchev–Trinajstić information content (AvgIpc) is 3.22. The number of amides is 1. The molecule has 0 bridgehead atoms. The molecule has 1 aromatic heterocycles. The largest absolute Gasteiger partial charge is 0.309 e. The molecule has 2 heterocycles. The average molecular weight is 493 g/mol. The second-order valence-corrected chi connectivity index (χ2v) is 10.4. The van der Waals surface area contributed by atoms with Crippen molar-refractivity contribution in [2.24, 2.45) is 5.92 Å². The molecule has 0 saturated carbocycles. The lowest BCUT2D eigenvalue weighted by atomic mass is 9.97. The minimum atomic E-state index is -3.60. The highest BCUT2D eigenvalue weighted by molar-refractivity contribution is 7.89. The van der Waals surface area contributed by atoms with Crippen LogP contribution in [0.25, 0.3) is 0 Å². The topological polar surface area (TPSA) is 84.3 Å². The number of nitrogens with one attached hydrogen (secondary N) is 1. The molecule has 1 aliphatic heterocycles. The highest BCUT2D eigenvalue weighted by Crippen LogP contribution is 2.25. The van der Waals surface area contributed by atoms with Crippen molar-refractivity contribution < 1.29 is 13.2 Å². The van der Waals surface area contributed by atoms with Crippen LogP contribution in [0.5, 0.6) is 0 Å². The van der Waals surface area contributed by atoms with Crippen molar-refractivity contribution in [3.63, 3.8) is 0 Å². The quantitative estimate of drug-likeness (QED) is 0.556. The standard InChI is InChI=1S/C22H22Cl2N4O3S/c23-18-5-7-19(8-6-18)32(30,31)28-13-9-16(10-14-28)22(29)25-21-11-12-27(26-21)15-17-3-1-2-4-20(17)24/h1-8,11-12,16H,9-10,13-15H2,(H,25,26,29). The number of benzene rings is 2. The number of halogens is 2. The monoisotopic (exact) mass is 492 g/mol. The second-order valence-electron chi connectivity index (χ2n) is 7.61. The van der Waals surface area contributed by atoms with E-state index in [1.807, 2.05) is 24.3 Å². The lowest BCUT2D eigenvalue weighted by Crippen LogP contribution is -2.41. The molecule has 32 heavy (non-hydrogen) atoms. The van der Waals surface area contributed by atoms with Crippen molar-refractivity contribution in [1.82, 2.24) is 14.1 Å². The Morgan fingerprint density at radius 1 is 1.03 bits per heavy atom. The molecule has 0 aliphatic carbocycles. The van der Waals surface area contributed by atoms with E-state index in [1.165, 1.54) is 16.4 Å². The molecule has 1 saturated heterocycles. The Balaban J connectivity index is 1.33. The summed E-state index contributed by atoms with van der Waals surface area (Å²) in [5.41, 5.74) is 0.935. The maximum absolute atomic E-state index is 12.8. The summed E-state index contributed by atoms with van der Waals surface area (Å²) in [7, 11) is -3.60. The van der Waals surface area contributed by atoms with Gasteiger partial charge in [-0.25, -0.2) is 8.42 Å². The molecule has 0 radical (unpaired) electrons. The number of sulfonamides is 1. The number of hydrogen-bond donors (Lipinski definition) is 1. The molecule has 168 valence electrons. The van der Waals surface area contributed by atoms with E-state index in [0.29, 0.717) is 35.2 Å². The molecule has 4 rings (SSSR count). The zero-order chi connectivity index (χ0) is 22.7. The lowest BCUT2D eigenvalue weighted by Gasteiger charge is -2.30. The number of aromatic nitrogens is 2. The van der Waals surface area contributed by atoms with Gasteiger partial charge in [0.1, 0.15) is 0 Å². The summed E-state index contributed by atoms with van der Waals surface area (Å²) in [5, 5.41) is 8.37. The predicted molar refractivity (Wildman–Crippen MR) is 124 cm³/mol. The molecule has 7 nitrogen and oxygen atoms in total. The normalized spacial score (nSPS) is 15.6. The SMILES string of the molecule is O=C(Nc1ccn(Cc2ccccc2Cl)n1)C1CCN(S(=O)(=O)c2ccc(Cl)cc2)CC1. The molecule has 1 N–H and O–H groups in total. The van der Waals surface area contributed by atoms with Crippen LogP contribution in [0.2, 0.25) is 10.0 Å². The van der Waals surface area contributed by atoms with Crippen molar-refractivity contribution >= 4 is 45.0 Å². The van der Waals surface area contributed by atoms with Gasteiger partial charge in [-0.05, 0) is 48.7 Å². The van der Waals surface area contributed by atoms with Gasteiger partial charge in [-0.3, -0.25) is 9.48 Å². The van der Waals surface area contributed by atoms with Crippen molar-refractivity contribution in [3.05, 3.63) is 76.4 Å². The van der Waals surface area contributed by atoms with Crippen LogP contribution < -0.4 is 5.32 Å². The van der Waals surface area contributed by atoms with Gasteiger partial charge in [0.25, 0.3) is 0 Å². The number of piperidine rings is 1. The van der Waals surface area contributed by atoms with Gasteiger partial charge in [-0.1, -0.05) is 41.4 Å². The molecule has 1 aliphatic rings. The number of carbonyl (C=O) groups is 1. The van der Waals surface area contributed by atoms with Crippen molar-refractivity contribution in [3.8, 4) is 0 Å². The zero-order valence-corrected chi connectivity index (χ0v) is 19.4. The van der Waals surface area contributed by atoms with Crippen LogP contribution in [-0.2, 0) is 21.4 Å². The molecule has 1 amide bonds. The lowest BCUT2D eigenvalue weighted by molar-refractivity contribution is -0.120. The number of rotatable bonds is 6. The third-order valence-corrected chi connectivity index (χ3v) is 7.99. The summed E-state index contributed by atoms with van der Waals surface area (Å²) in [6.07, 6.45) is 2.66. The minimum absolute atomic E-state index is 0.156. The van der Waals surface area contributed by atoms with E-state index in [-0.39, 0.29) is 29.8 Å². The number of carbonyl (C=O) groups excluding carboxylic acids is 1. The Hall–Kier alpha value is -2.39. The first-order chi connectivity index (χ1) is 15.3. The zero-order valence-electron chi connectivity index (χ0n) is 17.1. The maximum atomic E-state index is 12.8. The first kappa shape index (κ1) is 22.8. The molecule has 10 heteroatoms. The smallest absolute Gasteiger partial charge is 0.243 e. The molecule has 2 aromatic carbocycles. The van der Waals surface area contributed by atoms with Crippen LogP contribution in [-0.4, -0.2) is 41.5 Å². The molecule has 1 fully saturated rings. The molecular weight excluding hydrogens is 471 g/mol. The van der Waals surface area contributed by atoms with Crippen LogP contribution in [0.15, 0.2) is 65.7 Å². The van der Waals surface area contributed by atoms with Gasteiger partial charge in [0.2, 0.25) is 15.9 Å². The Bertz CT molecular complexity index is 1200. The highest BCUT2D eigenvalue weighted by Gasteiger charge is 2.32. The van der Waals surface area contributed by atoms with Crippen LogP contribution in [0.3, 0.4) is 0 Å². The van der Waals surface area contributed by atoms with E-state index in [2.05, 4.69) is 10.4 Å². The Kier molecular flexibility index (Phi) is 6.85. The Morgan fingerprint density at radius 3 is 2.41 bits per heavy atom. The summed E-state index contributed by atoms with van der Waals surface area (Å²) in [4.78, 5) is 12.9. The Labute approximate surface area is 197 Å². The predicted octanol–water partition coefficient (Wildman–Crippen LogP) is 4.28. The van der Waals surface area contributed by atoms with Gasteiger partial charge >= 0.3 is 0 Å². The first-order valence-corrected chi connectivity index (χ1v) is 12.4. The minimum Gasteiger partial charge on any atom is -0.309 e. The van der Waals surface area contributed by atoms with Gasteiger partial charge in [0, 0.05) is 41.3 Å². The fourth-order valence-corrected chi connectivity index (χ4v) is 5.45.